The summed E-state index contributed by atoms with van der Waals surface area (Å²) in [6, 6.07) is 13.1. The van der Waals surface area contributed by atoms with E-state index in [-0.39, 0.29) is 11.7 Å². The van der Waals surface area contributed by atoms with Crippen LogP contribution in [-0.4, -0.2) is 49.2 Å². The molecule has 6 heteroatoms. The van der Waals surface area contributed by atoms with Gasteiger partial charge in [0.25, 0.3) is 0 Å². The Morgan fingerprint density at radius 2 is 2.03 bits per heavy atom. The average Bonchev–Trinajstić information content (AvgIpc) is 3.32. The highest BCUT2D eigenvalue weighted by Gasteiger charge is 2.29. The van der Waals surface area contributed by atoms with Crippen molar-refractivity contribution in [3.8, 4) is 0 Å². The minimum Gasteiger partial charge on any atom is -0.368 e. The number of carbonyl (C=O) groups is 1. The highest BCUT2D eigenvalue weighted by Crippen LogP contribution is 2.32. The SMILES string of the molecule is CCN(CC)C1CCN(c2ccc(N=CC3C(=O)Nc4ccccc43)cc2F)C1. The number of fused-ring (bicyclic) bond motifs is 1. The Hall–Kier alpha value is -2.73. The number of hydrogen-bond acceptors (Lipinski definition) is 4. The van der Waals surface area contributed by atoms with Crippen molar-refractivity contribution in [2.75, 3.05) is 36.4 Å². The van der Waals surface area contributed by atoms with Crippen LogP contribution in [-0.2, 0) is 4.79 Å². The van der Waals surface area contributed by atoms with Gasteiger partial charge in [0.2, 0.25) is 5.91 Å². The summed E-state index contributed by atoms with van der Waals surface area (Å²) in [6.45, 7) is 8.08. The Labute approximate surface area is 171 Å². The molecule has 2 unspecified atom stereocenters. The van der Waals surface area contributed by atoms with Gasteiger partial charge in [0.15, 0.2) is 0 Å². The van der Waals surface area contributed by atoms with Gasteiger partial charge < -0.3 is 10.2 Å². The maximum atomic E-state index is 14.8. The third-order valence-corrected chi connectivity index (χ3v) is 5.97. The Morgan fingerprint density at radius 1 is 1.24 bits per heavy atom. The molecule has 2 atom stereocenters. The van der Waals surface area contributed by atoms with E-state index in [1.807, 2.05) is 30.3 Å². The number of anilines is 2. The van der Waals surface area contributed by atoms with Gasteiger partial charge in [0.1, 0.15) is 11.7 Å². The molecule has 2 heterocycles. The first-order chi connectivity index (χ1) is 14.1. The Morgan fingerprint density at radius 3 is 2.79 bits per heavy atom. The van der Waals surface area contributed by atoms with E-state index in [0.29, 0.717) is 17.4 Å². The van der Waals surface area contributed by atoms with Crippen molar-refractivity contribution in [1.29, 1.82) is 0 Å². The molecule has 29 heavy (non-hydrogen) atoms. The van der Waals surface area contributed by atoms with Crippen molar-refractivity contribution in [2.24, 2.45) is 4.99 Å². The number of amides is 1. The van der Waals surface area contributed by atoms with E-state index in [9.17, 15) is 9.18 Å². The van der Waals surface area contributed by atoms with Crippen molar-refractivity contribution in [2.45, 2.75) is 32.2 Å². The van der Waals surface area contributed by atoms with E-state index in [0.717, 1.165) is 43.9 Å². The van der Waals surface area contributed by atoms with Crippen molar-refractivity contribution < 1.29 is 9.18 Å². The monoisotopic (exact) mass is 394 g/mol. The summed E-state index contributed by atoms with van der Waals surface area (Å²) in [5, 5.41) is 2.85. The van der Waals surface area contributed by atoms with Gasteiger partial charge in [-0.15, -0.1) is 0 Å². The summed E-state index contributed by atoms with van der Waals surface area (Å²) in [6.07, 6.45) is 2.65. The number of likely N-dealkylation sites (N-methyl/N-ethyl adjacent to an activating group) is 1. The standard InChI is InChI=1S/C23H27FN4O/c1-3-27(4-2)17-11-12-28(15-17)22-10-9-16(13-20(22)24)25-14-19-18-7-5-6-8-21(18)26-23(19)29/h5-10,13-14,17,19H,3-4,11-12,15H2,1-2H3,(H,26,29). The number of rotatable bonds is 6. The maximum absolute atomic E-state index is 14.8. The molecule has 0 spiro atoms. The number of hydrogen-bond donors (Lipinski definition) is 1. The zero-order valence-electron chi connectivity index (χ0n) is 16.9. The first-order valence-electron chi connectivity index (χ1n) is 10.3. The minimum absolute atomic E-state index is 0.105. The molecule has 1 N–H and O–H groups in total. The van der Waals surface area contributed by atoms with Gasteiger partial charge in [0, 0.05) is 37.1 Å². The van der Waals surface area contributed by atoms with Crippen LogP contribution >= 0.6 is 0 Å². The normalized spacial score (nSPS) is 21.2. The Kier molecular flexibility index (Phi) is 5.62. The Bertz CT molecular complexity index is 925. The van der Waals surface area contributed by atoms with E-state index in [1.54, 1.807) is 12.3 Å². The number of aliphatic imine (C=N–C) groups is 1. The lowest BCUT2D eigenvalue weighted by Crippen LogP contribution is -2.37. The molecule has 1 saturated heterocycles. The lowest BCUT2D eigenvalue weighted by molar-refractivity contribution is -0.115. The number of carbonyl (C=O) groups excluding carboxylic acids is 1. The fourth-order valence-electron chi connectivity index (χ4n) is 4.37. The Balaban J connectivity index is 1.47. The molecular formula is C23H27FN4O. The average molecular weight is 394 g/mol. The molecule has 0 aromatic heterocycles. The number of para-hydroxylation sites is 1. The second-order valence-electron chi connectivity index (χ2n) is 7.58. The van der Waals surface area contributed by atoms with E-state index in [1.165, 1.54) is 6.07 Å². The molecule has 0 radical (unpaired) electrons. The van der Waals surface area contributed by atoms with Crippen LogP contribution in [0.2, 0.25) is 0 Å². The van der Waals surface area contributed by atoms with Gasteiger partial charge in [-0.1, -0.05) is 32.0 Å². The zero-order chi connectivity index (χ0) is 20.4. The minimum atomic E-state index is -0.442. The second kappa shape index (κ2) is 8.33. The topological polar surface area (TPSA) is 47.9 Å². The van der Waals surface area contributed by atoms with Crippen LogP contribution in [0.3, 0.4) is 0 Å². The first-order valence-corrected chi connectivity index (χ1v) is 10.3. The molecule has 1 fully saturated rings. The van der Waals surface area contributed by atoms with Crippen molar-refractivity contribution >= 4 is 29.2 Å². The van der Waals surface area contributed by atoms with Gasteiger partial charge in [-0.05, 0) is 43.3 Å². The smallest absolute Gasteiger partial charge is 0.237 e. The van der Waals surface area contributed by atoms with E-state index >= 15 is 0 Å². The predicted molar refractivity (Wildman–Crippen MR) is 116 cm³/mol. The summed E-state index contributed by atoms with van der Waals surface area (Å²) in [7, 11) is 0. The number of benzene rings is 2. The summed E-state index contributed by atoms with van der Waals surface area (Å²) in [5.41, 5.74) is 2.86. The zero-order valence-corrected chi connectivity index (χ0v) is 16.9. The molecule has 2 aromatic rings. The summed E-state index contributed by atoms with van der Waals surface area (Å²) >= 11 is 0. The third kappa shape index (κ3) is 3.90. The lowest BCUT2D eigenvalue weighted by Gasteiger charge is -2.26. The quantitative estimate of drug-likeness (QED) is 0.748. The number of halogens is 1. The van der Waals surface area contributed by atoms with E-state index in [2.05, 4.69) is 34.0 Å². The van der Waals surface area contributed by atoms with Gasteiger partial charge in [-0.2, -0.15) is 0 Å². The molecule has 0 bridgehead atoms. The molecule has 0 saturated carbocycles. The molecule has 2 aliphatic heterocycles. The molecule has 5 nitrogen and oxygen atoms in total. The van der Waals surface area contributed by atoms with Gasteiger partial charge in [-0.3, -0.25) is 14.7 Å². The fraction of sp³-hybridized carbons (Fsp3) is 0.391. The molecule has 0 aliphatic carbocycles. The maximum Gasteiger partial charge on any atom is 0.237 e. The van der Waals surface area contributed by atoms with Crippen LogP contribution in [0.25, 0.3) is 0 Å². The van der Waals surface area contributed by atoms with Crippen molar-refractivity contribution in [3.63, 3.8) is 0 Å². The number of nitrogens with zero attached hydrogens (tertiary/aromatic N) is 3. The van der Waals surface area contributed by atoms with Gasteiger partial charge in [0.05, 0.1) is 11.4 Å². The van der Waals surface area contributed by atoms with Gasteiger partial charge >= 0.3 is 0 Å². The third-order valence-electron chi connectivity index (χ3n) is 5.97. The van der Waals surface area contributed by atoms with Crippen LogP contribution in [0.15, 0.2) is 47.5 Å². The number of nitrogens with one attached hydrogen (secondary N) is 1. The van der Waals surface area contributed by atoms with Crippen LogP contribution < -0.4 is 10.2 Å². The second-order valence-corrected chi connectivity index (χ2v) is 7.58. The van der Waals surface area contributed by atoms with Crippen molar-refractivity contribution in [3.05, 3.63) is 53.8 Å². The first kappa shape index (κ1) is 19.6. The molecule has 4 rings (SSSR count). The van der Waals surface area contributed by atoms with E-state index in [4.69, 9.17) is 0 Å². The van der Waals surface area contributed by atoms with Crippen LogP contribution in [0.1, 0.15) is 31.7 Å². The van der Waals surface area contributed by atoms with E-state index < -0.39 is 5.92 Å². The van der Waals surface area contributed by atoms with Gasteiger partial charge in [-0.25, -0.2) is 4.39 Å². The molecule has 2 aliphatic rings. The van der Waals surface area contributed by atoms with Crippen LogP contribution in [0.5, 0.6) is 0 Å². The molecule has 152 valence electrons. The summed E-state index contributed by atoms with van der Waals surface area (Å²) in [5.74, 6) is -0.815. The summed E-state index contributed by atoms with van der Waals surface area (Å²) < 4.78 is 14.8. The predicted octanol–water partition coefficient (Wildman–Crippen LogP) is 4.18. The molecule has 1 amide bonds. The highest BCUT2D eigenvalue weighted by molar-refractivity contribution is 6.12. The largest absolute Gasteiger partial charge is 0.368 e. The van der Waals surface area contributed by atoms with Crippen LogP contribution in [0.4, 0.5) is 21.5 Å². The molecular weight excluding hydrogens is 367 g/mol. The molecule has 2 aromatic carbocycles. The fourth-order valence-corrected chi connectivity index (χ4v) is 4.37. The summed E-state index contributed by atoms with van der Waals surface area (Å²) in [4.78, 5) is 21.1. The van der Waals surface area contributed by atoms with Crippen molar-refractivity contribution in [1.82, 2.24) is 4.90 Å². The highest BCUT2D eigenvalue weighted by atomic mass is 19.1. The van der Waals surface area contributed by atoms with Crippen LogP contribution in [0, 0.1) is 5.82 Å². The lowest BCUT2D eigenvalue weighted by atomic mass is 10.0.